The number of halogens is 1. The molecule has 0 unspecified atom stereocenters. The van der Waals surface area contributed by atoms with E-state index in [1.165, 1.54) is 18.3 Å². The number of amides is 2. The zero-order valence-electron chi connectivity index (χ0n) is 17.1. The average Bonchev–Trinajstić information content (AvgIpc) is 3.16. The first kappa shape index (κ1) is 20.4. The number of pyridine rings is 2. The number of aromatic amines is 1. The van der Waals surface area contributed by atoms with Gasteiger partial charge in [-0.05, 0) is 48.4 Å². The van der Waals surface area contributed by atoms with Crippen molar-refractivity contribution in [1.29, 1.82) is 0 Å². The molecule has 0 radical (unpaired) electrons. The summed E-state index contributed by atoms with van der Waals surface area (Å²) in [7, 11) is 1.62. The minimum absolute atomic E-state index is 0.173. The van der Waals surface area contributed by atoms with E-state index in [-0.39, 0.29) is 17.7 Å². The van der Waals surface area contributed by atoms with Gasteiger partial charge in [0, 0.05) is 43.4 Å². The van der Waals surface area contributed by atoms with Crippen molar-refractivity contribution >= 4 is 23.0 Å². The lowest BCUT2D eigenvalue weighted by Crippen LogP contribution is -2.28. The van der Waals surface area contributed by atoms with Gasteiger partial charge >= 0.3 is 6.03 Å². The number of methoxy groups -OCH3 is 1. The molecule has 4 aromatic rings. The molecule has 31 heavy (non-hydrogen) atoms. The van der Waals surface area contributed by atoms with Crippen LogP contribution in [0.1, 0.15) is 12.5 Å². The van der Waals surface area contributed by atoms with Crippen LogP contribution in [-0.2, 0) is 11.3 Å². The predicted molar refractivity (Wildman–Crippen MR) is 116 cm³/mol. The fraction of sp³-hybridized carbons (Fsp3) is 0.182. The lowest BCUT2D eigenvalue weighted by molar-refractivity contribution is 0.184. The van der Waals surface area contributed by atoms with Gasteiger partial charge in [0.25, 0.3) is 0 Å². The second kappa shape index (κ2) is 8.88. The molecule has 0 saturated heterocycles. The van der Waals surface area contributed by atoms with Crippen molar-refractivity contribution in [3.05, 3.63) is 60.3 Å². The van der Waals surface area contributed by atoms with Gasteiger partial charge in [0.2, 0.25) is 5.95 Å². The van der Waals surface area contributed by atoms with E-state index in [2.05, 4.69) is 30.6 Å². The van der Waals surface area contributed by atoms with E-state index in [0.717, 1.165) is 16.7 Å². The molecule has 8 nitrogen and oxygen atoms in total. The molecule has 158 valence electrons. The second-order valence-corrected chi connectivity index (χ2v) is 6.84. The number of H-pyrrole nitrogens is 1. The third-order valence-electron chi connectivity index (χ3n) is 4.61. The van der Waals surface area contributed by atoms with Crippen molar-refractivity contribution in [2.45, 2.75) is 13.5 Å². The molecule has 4 rings (SSSR count). The Morgan fingerprint density at radius 1 is 1.23 bits per heavy atom. The number of rotatable bonds is 6. The Balaban J connectivity index is 1.87. The van der Waals surface area contributed by atoms with Crippen LogP contribution in [0.4, 0.5) is 15.1 Å². The Kier molecular flexibility index (Phi) is 5.85. The number of hydrogen-bond donors (Lipinski definition) is 3. The molecule has 9 heteroatoms. The highest BCUT2D eigenvalue weighted by Gasteiger charge is 2.17. The number of hydrogen-bond acceptors (Lipinski definition) is 5. The zero-order chi connectivity index (χ0) is 21.8. The molecule has 0 bridgehead atoms. The van der Waals surface area contributed by atoms with Crippen LogP contribution >= 0.6 is 0 Å². The van der Waals surface area contributed by atoms with E-state index in [1.54, 1.807) is 19.5 Å². The summed E-state index contributed by atoms with van der Waals surface area (Å²) >= 11 is 0. The Labute approximate surface area is 177 Å². The number of anilines is 1. The van der Waals surface area contributed by atoms with E-state index in [1.807, 2.05) is 25.1 Å². The molecule has 0 aliphatic heterocycles. The van der Waals surface area contributed by atoms with Gasteiger partial charge in [0.15, 0.2) is 0 Å². The van der Waals surface area contributed by atoms with E-state index < -0.39 is 5.82 Å². The smallest absolute Gasteiger partial charge is 0.321 e. The van der Waals surface area contributed by atoms with Crippen LogP contribution in [0.2, 0.25) is 0 Å². The number of aromatic nitrogens is 4. The van der Waals surface area contributed by atoms with Crippen molar-refractivity contribution in [3.63, 3.8) is 0 Å². The maximum atomic E-state index is 14.6. The van der Waals surface area contributed by atoms with Gasteiger partial charge in [-0.25, -0.2) is 14.2 Å². The molecule has 0 saturated carbocycles. The van der Waals surface area contributed by atoms with Crippen LogP contribution in [0.15, 0.2) is 48.9 Å². The summed E-state index contributed by atoms with van der Waals surface area (Å²) < 4.78 is 19.8. The molecule has 1 aromatic carbocycles. The van der Waals surface area contributed by atoms with E-state index in [4.69, 9.17) is 4.74 Å². The van der Waals surface area contributed by atoms with Crippen LogP contribution in [0.5, 0.6) is 0 Å². The summed E-state index contributed by atoms with van der Waals surface area (Å²) in [4.78, 5) is 28.0. The lowest BCUT2D eigenvalue weighted by Gasteiger charge is -2.09. The highest BCUT2D eigenvalue weighted by atomic mass is 19.1. The summed E-state index contributed by atoms with van der Waals surface area (Å²) in [6.45, 7) is 2.72. The summed E-state index contributed by atoms with van der Waals surface area (Å²) in [5.74, 6) is -0.213. The van der Waals surface area contributed by atoms with Crippen molar-refractivity contribution in [2.75, 3.05) is 19.0 Å². The normalized spacial score (nSPS) is 10.9. The molecule has 3 aromatic heterocycles. The van der Waals surface area contributed by atoms with Crippen LogP contribution in [0.25, 0.3) is 33.4 Å². The van der Waals surface area contributed by atoms with Crippen molar-refractivity contribution in [2.24, 2.45) is 0 Å². The Hall–Kier alpha value is -3.85. The van der Waals surface area contributed by atoms with E-state index >= 15 is 0 Å². The van der Waals surface area contributed by atoms with Crippen LogP contribution in [-0.4, -0.2) is 39.6 Å². The molecule has 3 N–H and O–H groups in total. The van der Waals surface area contributed by atoms with Gasteiger partial charge in [-0.3, -0.25) is 15.3 Å². The molecule has 3 heterocycles. The third kappa shape index (κ3) is 4.36. The number of carbonyl (C=O) groups excluding carboxylic acids is 1. The molecule has 0 spiro atoms. The number of nitrogens with zero attached hydrogens (tertiary/aromatic N) is 3. The number of urea groups is 1. The number of carbonyl (C=O) groups is 1. The Morgan fingerprint density at radius 2 is 2.10 bits per heavy atom. The summed E-state index contributed by atoms with van der Waals surface area (Å²) in [5.41, 5.74) is 4.34. The van der Waals surface area contributed by atoms with Gasteiger partial charge in [-0.1, -0.05) is 0 Å². The fourth-order valence-electron chi connectivity index (χ4n) is 3.31. The maximum absolute atomic E-state index is 14.6. The number of fused-ring (bicyclic) bond motifs is 1. The third-order valence-corrected chi connectivity index (χ3v) is 4.61. The SMILES string of the molecule is CCNC(=O)Nc1nc2c(-c3ncccc3F)cc(-c3cncc(COC)c3)cc2[nH]1. The first-order chi connectivity index (χ1) is 15.1. The van der Waals surface area contributed by atoms with E-state index in [0.29, 0.717) is 29.7 Å². The topological polar surface area (TPSA) is 105 Å². The first-order valence-electron chi connectivity index (χ1n) is 9.71. The highest BCUT2D eigenvalue weighted by Crippen LogP contribution is 2.34. The molecule has 0 aliphatic carbocycles. The van der Waals surface area contributed by atoms with Gasteiger partial charge in [-0.15, -0.1) is 0 Å². The fourth-order valence-corrected chi connectivity index (χ4v) is 3.31. The van der Waals surface area contributed by atoms with Crippen molar-refractivity contribution in [3.8, 4) is 22.4 Å². The van der Waals surface area contributed by atoms with E-state index in [9.17, 15) is 9.18 Å². The largest absolute Gasteiger partial charge is 0.380 e. The van der Waals surface area contributed by atoms with Crippen LogP contribution in [0, 0.1) is 5.82 Å². The first-order valence-corrected chi connectivity index (χ1v) is 9.71. The molecule has 0 atom stereocenters. The van der Waals surface area contributed by atoms with Crippen molar-refractivity contribution < 1.29 is 13.9 Å². The number of benzene rings is 1. The monoisotopic (exact) mass is 420 g/mol. The summed E-state index contributed by atoms with van der Waals surface area (Å²) in [6, 6.07) is 8.15. The highest BCUT2D eigenvalue weighted by molar-refractivity contribution is 5.98. The standard InChI is InChI=1S/C22H21FN6O2/c1-3-25-22(30)29-21-27-18-9-14(15-7-13(12-31-2)10-24-11-15)8-16(20(18)28-21)19-17(23)5-4-6-26-19/h4-11H,3,12H2,1-2H3,(H3,25,27,28,29,30). The zero-order valence-corrected chi connectivity index (χ0v) is 17.1. The number of ether oxygens (including phenoxy) is 1. The number of imidazole rings is 1. The second-order valence-electron chi connectivity index (χ2n) is 6.84. The molecule has 0 fully saturated rings. The summed E-state index contributed by atoms with van der Waals surface area (Å²) in [5, 5.41) is 5.30. The van der Waals surface area contributed by atoms with Crippen LogP contribution in [0.3, 0.4) is 0 Å². The molecule has 2 amide bonds. The Morgan fingerprint density at radius 3 is 2.87 bits per heavy atom. The van der Waals surface area contributed by atoms with Crippen molar-refractivity contribution in [1.82, 2.24) is 25.3 Å². The molecular weight excluding hydrogens is 399 g/mol. The quantitative estimate of drug-likeness (QED) is 0.435. The predicted octanol–water partition coefficient (Wildman–Crippen LogP) is 4.11. The van der Waals surface area contributed by atoms with Gasteiger partial charge in [0.1, 0.15) is 17.0 Å². The lowest BCUT2D eigenvalue weighted by atomic mass is 10.00. The van der Waals surface area contributed by atoms with Gasteiger partial charge < -0.3 is 15.0 Å². The van der Waals surface area contributed by atoms with Gasteiger partial charge in [-0.2, -0.15) is 0 Å². The average molecular weight is 420 g/mol. The number of nitrogens with one attached hydrogen (secondary N) is 3. The van der Waals surface area contributed by atoms with Crippen LogP contribution < -0.4 is 10.6 Å². The molecular formula is C22H21FN6O2. The minimum atomic E-state index is -0.464. The minimum Gasteiger partial charge on any atom is -0.380 e. The maximum Gasteiger partial charge on any atom is 0.321 e. The Bertz CT molecular complexity index is 1240. The molecule has 0 aliphatic rings. The van der Waals surface area contributed by atoms with Gasteiger partial charge in [0.05, 0.1) is 12.1 Å². The summed E-state index contributed by atoms with van der Waals surface area (Å²) in [6.07, 6.45) is 4.98.